The molecule has 0 saturated heterocycles. The van der Waals surface area contributed by atoms with Gasteiger partial charge in [-0.2, -0.15) is 0 Å². The fourth-order valence-electron chi connectivity index (χ4n) is 9.63. The van der Waals surface area contributed by atoms with Crippen LogP contribution < -0.4 is 0 Å². The number of phenols is 1. The van der Waals surface area contributed by atoms with E-state index in [1.807, 2.05) is 134 Å². The third kappa shape index (κ3) is 10.2. The molecule has 2 heterocycles. The molecule has 0 saturated carbocycles. The number of hydrogen-bond acceptors (Lipinski definition) is 3. The van der Waals surface area contributed by atoms with Crippen LogP contribution in [0.25, 0.3) is 95.0 Å². The summed E-state index contributed by atoms with van der Waals surface area (Å²) in [5.74, 6) is -3.01. The largest absolute Gasteiger partial charge is 0.507 e. The first-order valence-electron chi connectivity index (χ1n) is 27.7. The number of pyridine rings is 1. The van der Waals surface area contributed by atoms with Crippen LogP contribution in [0.2, 0.25) is 0 Å². The van der Waals surface area contributed by atoms with Gasteiger partial charge in [-0.05, 0) is 121 Å². The minimum atomic E-state index is -2.57. The zero-order chi connectivity index (χ0) is 55.7. The molecule has 1 N–H and O–H groups in total. The third-order valence-corrected chi connectivity index (χ3v) is 13.8. The number of aromatic nitrogens is 3. The first kappa shape index (κ1) is 43.5. The number of para-hydroxylation sites is 1. The molecule has 0 aliphatic heterocycles. The van der Waals surface area contributed by atoms with Crippen molar-refractivity contribution in [2.24, 2.45) is 0 Å². The van der Waals surface area contributed by atoms with Gasteiger partial charge in [0.05, 0.1) is 22.3 Å². The normalized spacial score (nSPS) is 13.5. The predicted octanol–water partition coefficient (Wildman–Crippen LogP) is 18.6. The van der Waals surface area contributed by atoms with Gasteiger partial charge in [0.25, 0.3) is 0 Å². The summed E-state index contributed by atoms with van der Waals surface area (Å²) < 4.78 is 56.5. The van der Waals surface area contributed by atoms with E-state index in [-0.39, 0.29) is 37.8 Å². The molecule has 2 aromatic heterocycles. The Labute approximate surface area is 455 Å². The van der Waals surface area contributed by atoms with Gasteiger partial charge in [0.2, 0.25) is 0 Å². The van der Waals surface area contributed by atoms with Crippen LogP contribution in [-0.4, -0.2) is 19.6 Å². The van der Waals surface area contributed by atoms with Crippen molar-refractivity contribution < 1.29 is 34.4 Å². The molecule has 0 radical (unpaired) electrons. The molecule has 4 nitrogen and oxygen atoms in total. The number of aromatic hydroxyl groups is 1. The molecule has 5 heteroatoms. The summed E-state index contributed by atoms with van der Waals surface area (Å²) in [4.78, 5) is 10.5. The quantitative estimate of drug-likeness (QED) is 0.131. The molecule has 0 amide bonds. The fraction of sp³-hybridized carbons (Fsp3) is 0.206. The van der Waals surface area contributed by atoms with Gasteiger partial charge in [-0.15, -0.1) is 23.8 Å². The Kier molecular flexibility index (Phi) is 12.4. The average Bonchev–Trinajstić information content (AvgIpc) is 3.96. The molecule has 73 heavy (non-hydrogen) atoms. The second-order valence-electron chi connectivity index (χ2n) is 20.5. The zero-order valence-corrected chi connectivity index (χ0v) is 45.2. The molecule has 368 valence electrons. The van der Waals surface area contributed by atoms with E-state index in [1.165, 1.54) is 0 Å². The molecule has 0 aliphatic rings. The second kappa shape index (κ2) is 20.8. The number of fused-ring (bicyclic) bond motifs is 1. The standard InChI is InChI=1S/C68H64N3O.Pt/c1-42(2)46-24-26-48(27-25-46)51-32-33-69-62(40-51)55-36-53(47-18-13-11-14-19-47)35-54(37-55)57-22-17-23-63-65(57)70-67(61-39-52(43(3)4)38-58(44(5)6)66(61)72)71(63)64-34-45(7)59(41-60(64)49-20-15-12-16-21-49)50-28-30-56(31-29-50)68(8,9)10;/h11-36,38-44,72H,1-10H3;/q-1;/i7D3,42D,43D,44D;. The van der Waals surface area contributed by atoms with Crippen molar-refractivity contribution in [2.75, 3.05) is 0 Å². The fourth-order valence-corrected chi connectivity index (χ4v) is 9.63. The van der Waals surface area contributed by atoms with E-state index in [2.05, 4.69) is 69.3 Å². The molecule has 0 fully saturated rings. The SMILES string of the molecule is [2H]C([2H])([2H])c1cc(-n2c(-c3cc(C([2H])(C)C)cc(C([2H])(C)C)c3O)nc3c(-c4[c-]c(-c5cc(-c6ccc(C([2H])(C)C)cc6)ccn5)cc(-c5ccccc5)c4)cccc32)c(-c2ccccc2)cc1-c1ccc(C(C)(C)C)cc1.[Pt]. The Bertz CT molecular complexity index is 3860. The summed E-state index contributed by atoms with van der Waals surface area (Å²) in [5, 5.41) is 12.6. The molecule has 0 bridgehead atoms. The summed E-state index contributed by atoms with van der Waals surface area (Å²) in [5.41, 5.74) is 14.6. The van der Waals surface area contributed by atoms with Crippen LogP contribution in [0.15, 0.2) is 182 Å². The maximum atomic E-state index is 12.6. The summed E-state index contributed by atoms with van der Waals surface area (Å²) in [6.07, 6.45) is 1.81. The van der Waals surface area contributed by atoms with E-state index in [0.717, 1.165) is 66.8 Å². The van der Waals surface area contributed by atoms with Crippen LogP contribution in [0.1, 0.15) is 116 Å². The number of hydrogen-bond donors (Lipinski definition) is 1. The molecule has 0 unspecified atom stereocenters. The van der Waals surface area contributed by atoms with Crippen molar-refractivity contribution in [1.82, 2.24) is 14.5 Å². The molecule has 10 rings (SSSR count). The molecule has 0 spiro atoms. The van der Waals surface area contributed by atoms with Crippen LogP contribution in [0.5, 0.6) is 5.75 Å². The summed E-state index contributed by atoms with van der Waals surface area (Å²) >= 11 is 0. The van der Waals surface area contributed by atoms with Gasteiger partial charge in [-0.3, -0.25) is 9.55 Å². The molecule has 0 atom stereocenters. The molecule has 8 aromatic carbocycles. The Hall–Kier alpha value is -7.13. The van der Waals surface area contributed by atoms with Gasteiger partial charge in [0.1, 0.15) is 11.6 Å². The summed E-state index contributed by atoms with van der Waals surface area (Å²) in [7, 11) is 0. The molecular weight excluding hydrogens is 1070 g/mol. The van der Waals surface area contributed by atoms with Crippen LogP contribution >= 0.6 is 0 Å². The number of rotatable bonds is 11. The monoisotopic (exact) mass is 1140 g/mol. The average molecular weight is 1140 g/mol. The number of aryl methyl sites for hydroxylation is 1. The van der Waals surface area contributed by atoms with Crippen molar-refractivity contribution in [1.29, 1.82) is 0 Å². The van der Waals surface area contributed by atoms with Crippen molar-refractivity contribution in [3.8, 4) is 89.7 Å². The van der Waals surface area contributed by atoms with Gasteiger partial charge >= 0.3 is 0 Å². The Morgan fingerprint density at radius 3 is 1.82 bits per heavy atom. The van der Waals surface area contributed by atoms with Crippen molar-refractivity contribution in [2.45, 2.75) is 92.3 Å². The van der Waals surface area contributed by atoms with Gasteiger partial charge < -0.3 is 5.11 Å². The molecule has 0 aliphatic carbocycles. The van der Waals surface area contributed by atoms with E-state index in [9.17, 15) is 7.85 Å². The Morgan fingerprint density at radius 1 is 0.548 bits per heavy atom. The van der Waals surface area contributed by atoms with Crippen molar-refractivity contribution >= 4 is 11.0 Å². The predicted molar refractivity (Wildman–Crippen MR) is 303 cm³/mol. The van der Waals surface area contributed by atoms with Gasteiger partial charge in [-0.25, -0.2) is 4.98 Å². The topological polar surface area (TPSA) is 50.9 Å². The smallest absolute Gasteiger partial charge is 0.148 e. The van der Waals surface area contributed by atoms with Gasteiger partial charge in [0.15, 0.2) is 0 Å². The Morgan fingerprint density at radius 2 is 1.18 bits per heavy atom. The Balaban J connectivity index is 0.00000757. The maximum Gasteiger partial charge on any atom is 0.148 e. The summed E-state index contributed by atoms with van der Waals surface area (Å²) in [6, 6.07) is 61.4. The van der Waals surface area contributed by atoms with Crippen LogP contribution in [0.4, 0.5) is 0 Å². The summed E-state index contributed by atoms with van der Waals surface area (Å²) in [6.45, 7) is 14.6. The third-order valence-electron chi connectivity index (χ3n) is 13.8. The van der Waals surface area contributed by atoms with E-state index < -0.39 is 24.5 Å². The van der Waals surface area contributed by atoms with E-state index in [0.29, 0.717) is 50.5 Å². The first-order valence-corrected chi connectivity index (χ1v) is 24.7. The van der Waals surface area contributed by atoms with Crippen LogP contribution in [-0.2, 0) is 26.5 Å². The van der Waals surface area contributed by atoms with Crippen molar-refractivity contribution in [3.05, 3.63) is 216 Å². The first-order chi connectivity index (χ1) is 36.7. The minimum absolute atomic E-state index is 0. The zero-order valence-electron chi connectivity index (χ0n) is 48.9. The van der Waals surface area contributed by atoms with E-state index >= 15 is 0 Å². The second-order valence-corrected chi connectivity index (χ2v) is 20.5. The van der Waals surface area contributed by atoms with Crippen LogP contribution in [0.3, 0.4) is 0 Å². The van der Waals surface area contributed by atoms with Crippen molar-refractivity contribution in [3.63, 3.8) is 0 Å². The number of benzene rings is 8. The number of phenolic OH excluding ortho intramolecular Hbond substituents is 1. The van der Waals surface area contributed by atoms with Gasteiger partial charge in [-0.1, -0.05) is 212 Å². The molecule has 10 aromatic rings. The van der Waals surface area contributed by atoms with E-state index in [4.69, 9.17) is 15.5 Å². The van der Waals surface area contributed by atoms with E-state index in [1.54, 1.807) is 52.1 Å². The molecular formula is C68H64N3OPt-. The number of nitrogens with zero attached hydrogens (tertiary/aromatic N) is 3. The number of imidazole rings is 1. The van der Waals surface area contributed by atoms with Crippen LogP contribution in [0, 0.1) is 12.9 Å². The minimum Gasteiger partial charge on any atom is -0.507 e. The maximum absolute atomic E-state index is 12.6. The van der Waals surface area contributed by atoms with Gasteiger partial charge in [0, 0.05) is 46.7 Å².